The number of amides is 1. The highest BCUT2D eigenvalue weighted by Gasteiger charge is 2.30. The molecule has 2 N–H and O–H groups in total. The van der Waals surface area contributed by atoms with Gasteiger partial charge in [0.15, 0.2) is 5.58 Å². The highest BCUT2D eigenvalue weighted by atomic mass is 16.4. The third kappa shape index (κ3) is 4.86. The topological polar surface area (TPSA) is 107 Å². The Morgan fingerprint density at radius 3 is 2.65 bits per heavy atom. The lowest BCUT2D eigenvalue weighted by atomic mass is 9.98. The van der Waals surface area contributed by atoms with E-state index in [2.05, 4.69) is 52.2 Å². The number of hydrogen-bond acceptors (Lipinski definition) is 7. The van der Waals surface area contributed by atoms with E-state index in [4.69, 9.17) is 9.40 Å². The average molecular weight is 499 g/mol. The van der Waals surface area contributed by atoms with Crippen LogP contribution in [0.25, 0.3) is 11.1 Å². The van der Waals surface area contributed by atoms with Crippen LogP contribution in [0.1, 0.15) is 45.6 Å². The third-order valence-corrected chi connectivity index (χ3v) is 7.38. The van der Waals surface area contributed by atoms with Gasteiger partial charge in [0.2, 0.25) is 5.95 Å². The zero-order valence-electron chi connectivity index (χ0n) is 21.1. The maximum Gasteiger partial charge on any atom is 0.417 e. The summed E-state index contributed by atoms with van der Waals surface area (Å²) in [5, 5.41) is 3.35. The Bertz CT molecular complexity index is 1510. The Morgan fingerprint density at radius 1 is 1.08 bits per heavy atom. The van der Waals surface area contributed by atoms with Crippen LogP contribution in [0, 0.1) is 13.8 Å². The number of fused-ring (bicyclic) bond motifs is 2. The maximum absolute atomic E-state index is 13.1. The quantitative estimate of drug-likeness (QED) is 0.439. The number of carbonyl (C=O) groups is 1. The summed E-state index contributed by atoms with van der Waals surface area (Å²) in [7, 11) is 0. The van der Waals surface area contributed by atoms with Crippen LogP contribution < -0.4 is 11.1 Å². The minimum atomic E-state index is -0.511. The zero-order chi connectivity index (χ0) is 25.5. The second-order valence-electron chi connectivity index (χ2n) is 10.1. The predicted molar refractivity (Wildman–Crippen MR) is 141 cm³/mol. The molecule has 0 unspecified atom stereocenters. The lowest BCUT2D eigenvalue weighted by Crippen LogP contribution is -2.48. The van der Waals surface area contributed by atoms with Crippen LogP contribution >= 0.6 is 0 Å². The van der Waals surface area contributed by atoms with Crippen molar-refractivity contribution in [1.29, 1.82) is 0 Å². The molecule has 0 bridgehead atoms. The molecule has 1 fully saturated rings. The Balaban J connectivity index is 1.07. The Hall–Kier alpha value is -3.98. The second-order valence-corrected chi connectivity index (χ2v) is 10.1. The molecular weight excluding hydrogens is 468 g/mol. The molecule has 2 aliphatic heterocycles. The molecule has 1 saturated heterocycles. The lowest BCUT2D eigenvalue weighted by molar-refractivity contribution is 0.0598. The van der Waals surface area contributed by atoms with Crippen molar-refractivity contribution in [2.45, 2.75) is 45.7 Å². The first-order chi connectivity index (χ1) is 17.9. The van der Waals surface area contributed by atoms with E-state index < -0.39 is 5.76 Å². The first-order valence-electron chi connectivity index (χ1n) is 12.8. The summed E-state index contributed by atoms with van der Waals surface area (Å²) in [4.78, 5) is 40.9. The molecule has 190 valence electrons. The van der Waals surface area contributed by atoms with Crippen LogP contribution in [0.3, 0.4) is 0 Å². The van der Waals surface area contributed by atoms with E-state index in [1.54, 1.807) is 18.2 Å². The highest BCUT2D eigenvalue weighted by Crippen LogP contribution is 2.26. The van der Waals surface area contributed by atoms with Crippen molar-refractivity contribution < 1.29 is 9.21 Å². The van der Waals surface area contributed by atoms with Gasteiger partial charge in [0.1, 0.15) is 0 Å². The molecule has 6 rings (SSSR count). The fraction of sp³-hybridized carbons (Fsp3) is 0.357. The number of aromatic nitrogens is 3. The Kier molecular flexibility index (Phi) is 6.00. The number of anilines is 2. The molecule has 4 aromatic rings. The van der Waals surface area contributed by atoms with Gasteiger partial charge in [-0.15, -0.1) is 0 Å². The summed E-state index contributed by atoms with van der Waals surface area (Å²) in [6, 6.07) is 11.9. The van der Waals surface area contributed by atoms with E-state index in [1.165, 1.54) is 16.7 Å². The third-order valence-electron chi connectivity index (χ3n) is 7.38. The fourth-order valence-electron chi connectivity index (χ4n) is 5.58. The molecule has 2 aliphatic rings. The van der Waals surface area contributed by atoms with E-state index in [-0.39, 0.29) is 5.91 Å². The van der Waals surface area contributed by atoms with Crippen molar-refractivity contribution in [3.05, 3.63) is 81.1 Å². The average Bonchev–Trinajstić information content (AvgIpc) is 3.26. The van der Waals surface area contributed by atoms with Crippen molar-refractivity contribution in [1.82, 2.24) is 24.8 Å². The number of benzene rings is 2. The van der Waals surface area contributed by atoms with Gasteiger partial charge in [-0.2, -0.15) is 0 Å². The molecule has 0 saturated carbocycles. The normalized spacial score (nSPS) is 16.6. The summed E-state index contributed by atoms with van der Waals surface area (Å²) in [5.41, 5.74) is 7.26. The molecule has 9 nitrogen and oxygen atoms in total. The Morgan fingerprint density at radius 2 is 1.86 bits per heavy atom. The molecule has 37 heavy (non-hydrogen) atoms. The first-order valence-corrected chi connectivity index (χ1v) is 12.8. The highest BCUT2D eigenvalue weighted by molar-refractivity contribution is 5.97. The fourth-order valence-corrected chi connectivity index (χ4v) is 5.58. The van der Waals surface area contributed by atoms with Gasteiger partial charge in [-0.05, 0) is 68.1 Å². The smallest absolute Gasteiger partial charge is 0.408 e. The van der Waals surface area contributed by atoms with Crippen LogP contribution in [0.2, 0.25) is 0 Å². The largest absolute Gasteiger partial charge is 0.417 e. The molecule has 0 atom stereocenters. The predicted octanol–water partition coefficient (Wildman–Crippen LogP) is 3.93. The van der Waals surface area contributed by atoms with Crippen molar-refractivity contribution in [2.75, 3.05) is 25.0 Å². The van der Waals surface area contributed by atoms with E-state index in [0.717, 1.165) is 43.7 Å². The molecule has 0 radical (unpaired) electrons. The monoisotopic (exact) mass is 498 g/mol. The van der Waals surface area contributed by atoms with Crippen molar-refractivity contribution in [2.24, 2.45) is 0 Å². The molecule has 0 aliphatic carbocycles. The van der Waals surface area contributed by atoms with Gasteiger partial charge in [0, 0.05) is 61.7 Å². The van der Waals surface area contributed by atoms with Crippen molar-refractivity contribution in [3.63, 3.8) is 0 Å². The number of rotatable bonds is 4. The van der Waals surface area contributed by atoms with Gasteiger partial charge >= 0.3 is 5.76 Å². The van der Waals surface area contributed by atoms with Gasteiger partial charge < -0.3 is 14.6 Å². The number of oxazole rings is 1. The van der Waals surface area contributed by atoms with Gasteiger partial charge in [-0.1, -0.05) is 6.07 Å². The number of piperidine rings is 1. The van der Waals surface area contributed by atoms with E-state index in [1.807, 2.05) is 11.1 Å². The van der Waals surface area contributed by atoms with Crippen molar-refractivity contribution >= 4 is 28.6 Å². The first kappa shape index (κ1) is 23.4. The summed E-state index contributed by atoms with van der Waals surface area (Å²) in [6.07, 6.45) is 4.69. The molecule has 0 spiro atoms. The van der Waals surface area contributed by atoms with Gasteiger partial charge in [-0.3, -0.25) is 14.7 Å². The number of carbonyl (C=O) groups excluding carboxylic acids is 1. The van der Waals surface area contributed by atoms with E-state index in [9.17, 15) is 9.59 Å². The molecule has 2 aromatic carbocycles. The number of aromatic amines is 1. The maximum atomic E-state index is 13.1. The summed E-state index contributed by atoms with van der Waals surface area (Å²) in [5.74, 6) is 0.106. The summed E-state index contributed by atoms with van der Waals surface area (Å²) in [6.45, 7) is 7.37. The van der Waals surface area contributed by atoms with Gasteiger partial charge in [0.05, 0.1) is 11.2 Å². The number of nitrogens with zero attached hydrogens (tertiary/aromatic N) is 4. The number of hydrogen-bond donors (Lipinski definition) is 2. The minimum Gasteiger partial charge on any atom is -0.408 e. The lowest BCUT2D eigenvalue weighted by Gasteiger charge is -2.40. The zero-order valence-corrected chi connectivity index (χ0v) is 21.1. The standard InChI is InChI=1S/C28H30N6O3/c1-17-11-18(2)13-21(12-17)30-27-29-15-20-16-34(10-7-23(20)31-27)22-5-8-33(9-6-22)26(35)19-3-4-24-25(14-19)37-28(36)32-24/h3-4,11-15,22H,5-10,16H2,1-2H3,(H,32,36)(H,29,30,31). The minimum absolute atomic E-state index is 0.0228. The van der Waals surface area contributed by atoms with Crippen LogP contribution in [-0.2, 0) is 13.0 Å². The number of aryl methyl sites for hydroxylation is 2. The SMILES string of the molecule is Cc1cc(C)cc(Nc2ncc3c(n2)CCN(C2CCN(C(=O)c4ccc5[nH]c(=O)oc5c4)CC2)C3)c1. The molecule has 4 heterocycles. The molecule has 1 amide bonds. The van der Waals surface area contributed by atoms with E-state index in [0.29, 0.717) is 41.7 Å². The van der Waals surface area contributed by atoms with Crippen LogP contribution in [0.4, 0.5) is 11.6 Å². The van der Waals surface area contributed by atoms with Crippen LogP contribution in [-0.4, -0.2) is 56.3 Å². The molecule has 2 aromatic heterocycles. The number of likely N-dealkylation sites (tertiary alicyclic amines) is 1. The second kappa shape index (κ2) is 9.48. The Labute approximate surface area is 214 Å². The molecular formula is C28H30N6O3. The number of nitrogens with one attached hydrogen (secondary N) is 2. The number of H-pyrrole nitrogens is 1. The van der Waals surface area contributed by atoms with Gasteiger partial charge in [0.25, 0.3) is 5.91 Å². The van der Waals surface area contributed by atoms with E-state index >= 15 is 0 Å². The van der Waals surface area contributed by atoms with Crippen LogP contribution in [0.5, 0.6) is 0 Å². The summed E-state index contributed by atoms with van der Waals surface area (Å²) < 4.78 is 5.11. The summed E-state index contributed by atoms with van der Waals surface area (Å²) >= 11 is 0. The van der Waals surface area contributed by atoms with Crippen molar-refractivity contribution in [3.8, 4) is 0 Å². The molecule has 9 heteroatoms. The van der Waals surface area contributed by atoms with Gasteiger partial charge in [-0.25, -0.2) is 14.8 Å². The van der Waals surface area contributed by atoms with Crippen LogP contribution in [0.15, 0.2) is 51.8 Å².